The van der Waals surface area contributed by atoms with Gasteiger partial charge in [0.05, 0.1) is 17.3 Å². The normalized spacial score (nSPS) is 18.1. The van der Waals surface area contributed by atoms with E-state index in [1.165, 1.54) is 23.9 Å². The number of carbonyl (C=O) groups is 1. The highest BCUT2D eigenvalue weighted by molar-refractivity contribution is 7.99. The minimum Gasteiger partial charge on any atom is -0.493 e. The molecule has 9 heteroatoms. The first-order valence-corrected chi connectivity index (χ1v) is 10.5. The first-order valence-electron chi connectivity index (χ1n) is 7.78. The van der Waals surface area contributed by atoms with E-state index in [9.17, 15) is 13.2 Å². The Morgan fingerprint density at radius 3 is 2.75 bits per heavy atom. The van der Waals surface area contributed by atoms with Crippen molar-refractivity contribution in [2.45, 2.75) is 23.8 Å². The molecule has 0 aliphatic carbocycles. The lowest BCUT2D eigenvalue weighted by Gasteiger charge is -2.23. The van der Waals surface area contributed by atoms with E-state index in [2.05, 4.69) is 10.6 Å². The van der Waals surface area contributed by atoms with Crippen molar-refractivity contribution >= 4 is 27.7 Å². The first kappa shape index (κ1) is 19.0. The standard InChI is InChI=1S/C15H23N3O4S2/c16-24(20,21)14-5-3-13(4-6-14)22-8-9-23-11-15(19)18-12-2-1-7-17-10-12/h3-6,12,17H,1-2,7-11H2,(H,18,19)(H2,16,20,21)/t12-/m0/s1. The highest BCUT2D eigenvalue weighted by atomic mass is 32.2. The van der Waals surface area contributed by atoms with Crippen LogP contribution in [0, 0.1) is 0 Å². The minimum absolute atomic E-state index is 0.0474. The molecule has 134 valence electrons. The van der Waals surface area contributed by atoms with Crippen molar-refractivity contribution in [1.29, 1.82) is 0 Å². The maximum atomic E-state index is 11.8. The largest absolute Gasteiger partial charge is 0.493 e. The van der Waals surface area contributed by atoms with Gasteiger partial charge in [-0.1, -0.05) is 0 Å². The highest BCUT2D eigenvalue weighted by Gasteiger charge is 2.14. The minimum atomic E-state index is -3.68. The Bertz CT molecular complexity index is 629. The number of hydrogen-bond acceptors (Lipinski definition) is 6. The van der Waals surface area contributed by atoms with E-state index in [0.29, 0.717) is 23.9 Å². The van der Waals surface area contributed by atoms with Crippen molar-refractivity contribution in [3.8, 4) is 5.75 Å². The second-order valence-corrected chi connectivity index (χ2v) is 8.19. The molecule has 0 bridgehead atoms. The molecule has 1 heterocycles. The molecule has 2 rings (SSSR count). The smallest absolute Gasteiger partial charge is 0.238 e. The van der Waals surface area contributed by atoms with Gasteiger partial charge in [-0.3, -0.25) is 4.79 Å². The monoisotopic (exact) mass is 373 g/mol. The quantitative estimate of drug-likeness (QED) is 0.566. The number of hydrogen-bond donors (Lipinski definition) is 3. The van der Waals surface area contributed by atoms with E-state index in [1.807, 2.05) is 0 Å². The number of sulfonamides is 1. The van der Waals surface area contributed by atoms with Crippen molar-refractivity contribution in [2.75, 3.05) is 31.2 Å². The van der Waals surface area contributed by atoms with Crippen LogP contribution in [-0.2, 0) is 14.8 Å². The van der Waals surface area contributed by atoms with Crippen molar-refractivity contribution in [1.82, 2.24) is 10.6 Å². The van der Waals surface area contributed by atoms with Crippen LogP contribution >= 0.6 is 11.8 Å². The lowest BCUT2D eigenvalue weighted by Crippen LogP contribution is -2.46. The van der Waals surface area contributed by atoms with Gasteiger partial charge < -0.3 is 15.4 Å². The molecule has 7 nitrogen and oxygen atoms in total. The van der Waals surface area contributed by atoms with Crippen LogP contribution in [0.25, 0.3) is 0 Å². The summed E-state index contributed by atoms with van der Waals surface area (Å²) in [5.74, 6) is 1.70. The number of ether oxygens (including phenoxy) is 1. The second-order valence-electron chi connectivity index (χ2n) is 5.53. The summed E-state index contributed by atoms with van der Waals surface area (Å²) < 4.78 is 27.8. The molecule has 1 amide bonds. The second kappa shape index (κ2) is 9.26. The third-order valence-corrected chi connectivity index (χ3v) is 5.39. The molecule has 1 aliphatic rings. The number of nitrogens with one attached hydrogen (secondary N) is 2. The molecule has 0 unspecified atom stereocenters. The van der Waals surface area contributed by atoms with Crippen LogP contribution < -0.4 is 20.5 Å². The highest BCUT2D eigenvalue weighted by Crippen LogP contribution is 2.15. The lowest BCUT2D eigenvalue weighted by molar-refractivity contribution is -0.119. The number of benzene rings is 1. The van der Waals surface area contributed by atoms with E-state index in [0.717, 1.165) is 25.9 Å². The van der Waals surface area contributed by atoms with Gasteiger partial charge in [-0.15, -0.1) is 11.8 Å². The summed E-state index contributed by atoms with van der Waals surface area (Å²) >= 11 is 1.50. The lowest BCUT2D eigenvalue weighted by atomic mass is 10.1. The number of carbonyl (C=O) groups excluding carboxylic acids is 1. The van der Waals surface area contributed by atoms with E-state index in [-0.39, 0.29) is 16.8 Å². The molecule has 1 fully saturated rings. The van der Waals surface area contributed by atoms with Gasteiger partial charge >= 0.3 is 0 Å². The fourth-order valence-corrected chi connectivity index (χ4v) is 3.48. The molecule has 1 aromatic carbocycles. The zero-order chi connectivity index (χ0) is 17.4. The summed E-state index contributed by atoms with van der Waals surface area (Å²) in [7, 11) is -3.68. The maximum absolute atomic E-state index is 11.8. The summed E-state index contributed by atoms with van der Waals surface area (Å²) in [6.07, 6.45) is 2.12. The van der Waals surface area contributed by atoms with Gasteiger partial charge in [0.2, 0.25) is 15.9 Å². The molecule has 0 saturated carbocycles. The zero-order valence-electron chi connectivity index (χ0n) is 13.4. The van der Waals surface area contributed by atoms with Crippen LogP contribution in [0.3, 0.4) is 0 Å². The van der Waals surface area contributed by atoms with Crippen LogP contribution in [0.2, 0.25) is 0 Å². The molecular formula is C15H23N3O4S2. The van der Waals surface area contributed by atoms with Crippen molar-refractivity contribution in [3.05, 3.63) is 24.3 Å². The van der Waals surface area contributed by atoms with Crippen molar-refractivity contribution in [3.63, 3.8) is 0 Å². The van der Waals surface area contributed by atoms with Crippen molar-refractivity contribution < 1.29 is 17.9 Å². The fraction of sp³-hybridized carbons (Fsp3) is 0.533. The van der Waals surface area contributed by atoms with E-state index in [1.54, 1.807) is 12.1 Å². The summed E-state index contributed by atoms with van der Waals surface area (Å²) in [5.41, 5.74) is 0. The fourth-order valence-electron chi connectivity index (χ4n) is 2.35. The van der Waals surface area contributed by atoms with Gasteiger partial charge in [0, 0.05) is 18.3 Å². The molecule has 0 spiro atoms. The van der Waals surface area contributed by atoms with Gasteiger partial charge in [-0.05, 0) is 43.7 Å². The number of primary sulfonamides is 1. The zero-order valence-corrected chi connectivity index (χ0v) is 15.0. The van der Waals surface area contributed by atoms with Gasteiger partial charge in [0.1, 0.15) is 5.75 Å². The van der Waals surface area contributed by atoms with E-state index in [4.69, 9.17) is 9.88 Å². The Labute approximate surface area is 146 Å². The van der Waals surface area contributed by atoms with Gasteiger partial charge in [-0.25, -0.2) is 13.6 Å². The van der Waals surface area contributed by atoms with Gasteiger partial charge in [-0.2, -0.15) is 0 Å². The average molecular weight is 374 g/mol. The SMILES string of the molecule is NS(=O)(=O)c1ccc(OCCSCC(=O)N[C@H]2CCCNC2)cc1. The molecule has 1 aliphatic heterocycles. The Hall–Kier alpha value is -1.29. The van der Waals surface area contributed by atoms with Crippen molar-refractivity contribution in [2.24, 2.45) is 5.14 Å². The third-order valence-electron chi connectivity index (χ3n) is 3.54. The summed E-state index contributed by atoms with van der Waals surface area (Å²) in [6.45, 7) is 2.31. The predicted octanol–water partition coefficient (Wildman–Crippen LogP) is 0.314. The third kappa shape index (κ3) is 6.68. The van der Waals surface area contributed by atoms with Gasteiger partial charge in [0.25, 0.3) is 0 Å². The number of nitrogens with two attached hydrogens (primary N) is 1. The van der Waals surface area contributed by atoms with Gasteiger partial charge in [0.15, 0.2) is 0 Å². The summed E-state index contributed by atoms with van der Waals surface area (Å²) in [6, 6.07) is 6.17. The molecular weight excluding hydrogens is 350 g/mol. The molecule has 0 radical (unpaired) electrons. The summed E-state index contributed by atoms with van der Waals surface area (Å²) in [4.78, 5) is 11.9. The number of thioether (sulfide) groups is 1. The Morgan fingerprint density at radius 2 is 2.12 bits per heavy atom. The summed E-state index contributed by atoms with van der Waals surface area (Å²) in [5, 5.41) is 11.3. The predicted molar refractivity (Wildman–Crippen MR) is 94.7 cm³/mol. The molecule has 1 atom stereocenters. The molecule has 1 saturated heterocycles. The van der Waals surface area contributed by atoms with Crippen LogP contribution in [0.15, 0.2) is 29.2 Å². The molecule has 4 N–H and O–H groups in total. The maximum Gasteiger partial charge on any atom is 0.238 e. The van der Waals surface area contributed by atoms with Crippen LogP contribution in [0.5, 0.6) is 5.75 Å². The van der Waals surface area contributed by atoms with Crippen LogP contribution in [0.1, 0.15) is 12.8 Å². The average Bonchev–Trinajstić information content (AvgIpc) is 2.55. The first-order chi connectivity index (χ1) is 11.4. The van der Waals surface area contributed by atoms with Crippen LogP contribution in [0.4, 0.5) is 0 Å². The number of amides is 1. The molecule has 0 aromatic heterocycles. The Kier molecular flexibility index (Phi) is 7.35. The Morgan fingerprint density at radius 1 is 1.38 bits per heavy atom. The topological polar surface area (TPSA) is 111 Å². The van der Waals surface area contributed by atoms with Crippen LogP contribution in [-0.4, -0.2) is 51.6 Å². The van der Waals surface area contributed by atoms with E-state index < -0.39 is 10.0 Å². The molecule has 24 heavy (non-hydrogen) atoms. The van der Waals surface area contributed by atoms with E-state index >= 15 is 0 Å². The molecule has 1 aromatic rings. The number of rotatable bonds is 8. The Balaban J connectivity index is 1.60. The number of piperidine rings is 1.